The molecule has 1 fully saturated rings. The van der Waals surface area contributed by atoms with Crippen LogP contribution in [-0.4, -0.2) is 93.3 Å². The molecule has 5 atom stereocenters. The van der Waals surface area contributed by atoms with Crippen LogP contribution in [0.25, 0.3) is 0 Å². The van der Waals surface area contributed by atoms with Crippen molar-refractivity contribution < 1.29 is 51.9 Å². The minimum Gasteiger partial charge on any atom is -0.497 e. The van der Waals surface area contributed by atoms with Gasteiger partial charge in [0.2, 0.25) is 0 Å². The van der Waals surface area contributed by atoms with E-state index in [0.717, 1.165) is 22.3 Å². The van der Waals surface area contributed by atoms with Gasteiger partial charge >= 0.3 is 11.9 Å². The van der Waals surface area contributed by atoms with Crippen LogP contribution in [0.3, 0.4) is 0 Å². The molecule has 0 radical (unpaired) electrons. The summed E-state index contributed by atoms with van der Waals surface area (Å²) < 4.78 is 56.3. The number of carbonyl (C=O) groups excluding carboxylic acids is 2. The van der Waals surface area contributed by atoms with Gasteiger partial charge in [0.15, 0.2) is 12.6 Å². The summed E-state index contributed by atoms with van der Waals surface area (Å²) in [6, 6.07) is 43.1. The molecule has 0 N–H and O–H groups in total. The maximum absolute atomic E-state index is 14.5. The summed E-state index contributed by atoms with van der Waals surface area (Å²) in [5.41, 5.74) is 1.82. The van der Waals surface area contributed by atoms with Gasteiger partial charge in [-0.1, -0.05) is 144 Å². The second kappa shape index (κ2) is 26.6. The zero-order chi connectivity index (χ0) is 53.5. The molecule has 0 amide bonds. The summed E-state index contributed by atoms with van der Waals surface area (Å²) in [7, 11) is 0.0891. The Labute approximate surface area is 446 Å². The number of benzene rings is 5. The summed E-state index contributed by atoms with van der Waals surface area (Å²) in [6.07, 6.45) is 3.98. The van der Waals surface area contributed by atoms with E-state index in [4.69, 9.17) is 42.3 Å². The van der Waals surface area contributed by atoms with Gasteiger partial charge in [0.05, 0.1) is 39.1 Å². The van der Waals surface area contributed by atoms with E-state index in [0.29, 0.717) is 31.4 Å². The zero-order valence-corrected chi connectivity index (χ0v) is 48.3. The van der Waals surface area contributed by atoms with E-state index in [-0.39, 0.29) is 41.4 Å². The molecule has 1 aliphatic heterocycles. The van der Waals surface area contributed by atoms with Crippen LogP contribution in [0.4, 0.5) is 0 Å². The Morgan fingerprint density at radius 2 is 1.42 bits per heavy atom. The van der Waals surface area contributed by atoms with Crippen LogP contribution in [0.2, 0.25) is 30.7 Å². The van der Waals surface area contributed by atoms with Gasteiger partial charge in [-0.3, -0.25) is 0 Å². The van der Waals surface area contributed by atoms with E-state index in [2.05, 4.69) is 120 Å². The summed E-state index contributed by atoms with van der Waals surface area (Å²) in [5, 5.41) is 1.75. The quantitative estimate of drug-likeness (QED) is 0.0172. The third kappa shape index (κ3) is 15.5. The minimum atomic E-state index is -2.83. The van der Waals surface area contributed by atoms with Gasteiger partial charge in [0.25, 0.3) is 8.32 Å². The lowest BCUT2D eigenvalue weighted by molar-refractivity contribution is -0.156. The molecule has 0 aliphatic carbocycles. The monoisotopic (exact) mass is 1060 g/mol. The van der Waals surface area contributed by atoms with Crippen molar-refractivity contribution in [1.29, 1.82) is 0 Å². The molecule has 0 saturated carbocycles. The molecule has 14 heteroatoms. The van der Waals surface area contributed by atoms with Crippen molar-refractivity contribution in [3.63, 3.8) is 0 Å². The molecule has 74 heavy (non-hydrogen) atoms. The van der Waals surface area contributed by atoms with E-state index in [1.54, 1.807) is 31.0 Å². The highest BCUT2D eigenvalue weighted by Crippen LogP contribution is 2.46. The molecule has 0 aromatic heterocycles. The van der Waals surface area contributed by atoms with Crippen molar-refractivity contribution in [1.82, 2.24) is 0 Å². The number of hydrogen-bond donors (Lipinski definition) is 0. The lowest BCUT2D eigenvalue weighted by Crippen LogP contribution is -2.67. The first-order chi connectivity index (χ1) is 35.3. The van der Waals surface area contributed by atoms with Crippen LogP contribution >= 0.6 is 11.8 Å². The van der Waals surface area contributed by atoms with Gasteiger partial charge in [-0.2, -0.15) is 0 Å². The molecule has 11 nitrogen and oxygen atoms in total. The number of rotatable bonds is 26. The molecule has 1 heterocycles. The maximum Gasteiger partial charge on any atom is 0.342 e. The van der Waals surface area contributed by atoms with E-state index >= 15 is 0 Å². The SMILES string of the molecule is COCOc1ccc(C(=O)OC)c(C(CC[C@H]2OC(C)(C)O[C@@H]2C(/C=C\C[C@H](C)O[Si](c2ccccc2)(c2ccccc2)C(C)(C)C)OCc2ccc(OC)cc2)Sc2ccccc2)c1C(=O)OCC[Si](C)(C)C. The fourth-order valence-corrected chi connectivity index (χ4v) is 16.1. The van der Waals surface area contributed by atoms with Crippen LogP contribution in [0.1, 0.15) is 97.9 Å². The van der Waals surface area contributed by atoms with Gasteiger partial charge in [0, 0.05) is 31.4 Å². The van der Waals surface area contributed by atoms with Gasteiger partial charge < -0.3 is 42.3 Å². The summed E-state index contributed by atoms with van der Waals surface area (Å²) >= 11 is 1.54. The first-order valence-electron chi connectivity index (χ1n) is 25.6. The fraction of sp³-hybridized carbons (Fsp3) is 0.433. The predicted octanol–water partition coefficient (Wildman–Crippen LogP) is 12.6. The molecule has 5 aromatic carbocycles. The zero-order valence-electron chi connectivity index (χ0n) is 45.5. The highest BCUT2D eigenvalue weighted by Gasteiger charge is 2.51. The predicted molar refractivity (Wildman–Crippen MR) is 300 cm³/mol. The summed E-state index contributed by atoms with van der Waals surface area (Å²) in [6.45, 7) is 19.9. The van der Waals surface area contributed by atoms with Crippen molar-refractivity contribution in [3.05, 3.63) is 162 Å². The normalized spacial score (nSPS) is 17.1. The summed E-state index contributed by atoms with van der Waals surface area (Å²) in [4.78, 5) is 29.3. The first-order valence-corrected chi connectivity index (χ1v) is 32.1. The Morgan fingerprint density at radius 1 is 0.797 bits per heavy atom. The number of thioether (sulfide) groups is 1. The van der Waals surface area contributed by atoms with E-state index in [1.807, 2.05) is 68.4 Å². The molecule has 6 rings (SSSR count). The topological polar surface area (TPSA) is 117 Å². The molecule has 5 aromatic rings. The summed E-state index contributed by atoms with van der Waals surface area (Å²) in [5.74, 6) is -1.14. The highest BCUT2D eigenvalue weighted by molar-refractivity contribution is 7.99. The maximum atomic E-state index is 14.5. The van der Waals surface area contributed by atoms with Crippen molar-refractivity contribution in [2.24, 2.45) is 0 Å². The Balaban J connectivity index is 1.37. The number of esters is 2. The first kappa shape index (κ1) is 58.2. The molecular formula is C60H78O11SSi2. The molecule has 398 valence electrons. The average Bonchev–Trinajstić information content (AvgIpc) is 3.70. The van der Waals surface area contributed by atoms with Crippen LogP contribution in [0.15, 0.2) is 144 Å². The number of carbonyl (C=O) groups is 2. The standard InChI is InChI=1S/C60H78O11SSi2/c1-43(71-74(59(2,3)4,47-26-18-14-19-27-47)48-28-20-15-21-29-48)23-22-30-51(67-41-44-31-33-45(64-8)34-32-44)56-52(69-60(5,6)70-56)37-38-53(72-46-24-16-13-17-25-46)54-49(57(61)65-9)35-36-50(68-42-63-7)55(54)58(62)66-39-40-73(10,11)12/h13-22,24-36,43,51-53,56H,23,37-42H2,1-12H3/b30-22-/t43-,51?,52+,53?,56+/m0/s1. The van der Waals surface area contributed by atoms with Crippen molar-refractivity contribution >= 4 is 50.5 Å². The van der Waals surface area contributed by atoms with Crippen molar-refractivity contribution in [3.8, 4) is 11.5 Å². The number of hydrogen-bond acceptors (Lipinski definition) is 12. The number of ether oxygens (including phenoxy) is 8. The fourth-order valence-electron chi connectivity index (χ4n) is 9.42. The van der Waals surface area contributed by atoms with Crippen molar-refractivity contribution in [2.45, 2.75) is 138 Å². The van der Waals surface area contributed by atoms with E-state index in [9.17, 15) is 9.59 Å². The second-order valence-corrected chi connectivity index (χ2v) is 32.6. The van der Waals surface area contributed by atoms with Crippen molar-refractivity contribution in [2.75, 3.05) is 34.7 Å². The van der Waals surface area contributed by atoms with Crippen LogP contribution in [0, 0.1) is 0 Å². The van der Waals surface area contributed by atoms with Gasteiger partial charge in [-0.15, -0.1) is 11.8 Å². The lowest BCUT2D eigenvalue weighted by Gasteiger charge is -2.44. The Morgan fingerprint density at radius 3 is 1.99 bits per heavy atom. The Bertz CT molecular complexity index is 2520. The van der Waals surface area contributed by atoms with Gasteiger partial charge in [-0.25, -0.2) is 9.59 Å². The number of methoxy groups -OCH3 is 3. The smallest absolute Gasteiger partial charge is 0.342 e. The molecular weight excluding hydrogens is 985 g/mol. The average molecular weight is 1060 g/mol. The van der Waals surface area contributed by atoms with Gasteiger partial charge in [0.1, 0.15) is 29.3 Å². The lowest BCUT2D eigenvalue weighted by atomic mass is 9.92. The second-order valence-electron chi connectivity index (χ2n) is 21.4. The third-order valence-electron chi connectivity index (χ3n) is 13.0. The minimum absolute atomic E-state index is 0.123. The molecule has 1 saturated heterocycles. The molecule has 2 unspecified atom stereocenters. The van der Waals surface area contributed by atoms with Crippen LogP contribution in [0.5, 0.6) is 11.5 Å². The van der Waals surface area contributed by atoms with Crippen LogP contribution in [-0.2, 0) is 39.5 Å². The van der Waals surface area contributed by atoms with Crippen LogP contribution < -0.4 is 19.8 Å². The molecule has 1 aliphatic rings. The molecule has 0 spiro atoms. The Hall–Kier alpha value is -5.04. The third-order valence-corrected chi connectivity index (χ3v) is 21.2. The Kier molecular flexibility index (Phi) is 21.0. The van der Waals surface area contributed by atoms with Gasteiger partial charge in [-0.05, 0) is 109 Å². The van der Waals surface area contributed by atoms with E-state index in [1.165, 1.54) is 24.6 Å². The van der Waals surface area contributed by atoms with E-state index < -0.39 is 57.7 Å². The highest BCUT2D eigenvalue weighted by atomic mass is 32.2. The largest absolute Gasteiger partial charge is 0.497 e. The molecule has 0 bridgehead atoms.